The fourth-order valence-electron chi connectivity index (χ4n) is 3.11. The monoisotopic (exact) mass is 522 g/mol. The maximum atomic E-state index is 12.8. The topological polar surface area (TPSA) is 145 Å². The fourth-order valence-corrected chi connectivity index (χ4v) is 4.29. The molecular weight excluding hydrogens is 508 g/mol. The van der Waals surface area contributed by atoms with E-state index < -0.39 is 33.0 Å². The maximum absolute atomic E-state index is 12.8. The van der Waals surface area contributed by atoms with Crippen LogP contribution in [0.4, 0.5) is 11.4 Å². The molecule has 0 atom stereocenters. The number of rotatable bonds is 7. The Morgan fingerprint density at radius 1 is 1.00 bits per heavy atom. The van der Waals surface area contributed by atoms with Crippen LogP contribution in [0.1, 0.15) is 15.9 Å². The lowest BCUT2D eigenvalue weighted by Crippen LogP contribution is -2.44. The van der Waals surface area contributed by atoms with E-state index in [0.717, 1.165) is 35.0 Å². The Hall–Kier alpha value is -4.62. The summed E-state index contributed by atoms with van der Waals surface area (Å²) in [5, 5.41) is 23.3. The molecule has 13 heteroatoms. The molecule has 1 aliphatic rings. The van der Waals surface area contributed by atoms with Gasteiger partial charge in [-0.15, -0.1) is 0 Å². The van der Waals surface area contributed by atoms with Crippen LogP contribution in [0, 0.1) is 20.2 Å². The van der Waals surface area contributed by atoms with E-state index in [9.17, 15) is 29.8 Å². The normalized spacial score (nSPS) is 14.1. The average molecular weight is 523 g/mol. The van der Waals surface area contributed by atoms with Gasteiger partial charge in [-0.25, -0.2) is 0 Å². The molecule has 1 aliphatic heterocycles. The summed E-state index contributed by atoms with van der Waals surface area (Å²) in [7, 11) is 0. The van der Waals surface area contributed by atoms with E-state index in [4.69, 9.17) is 17.0 Å². The Balaban J connectivity index is 1.53. The van der Waals surface area contributed by atoms with Gasteiger partial charge in [0.1, 0.15) is 5.75 Å². The third kappa shape index (κ3) is 5.37. The Bertz CT molecular complexity index is 1440. The molecule has 0 unspecified atom stereocenters. The Labute approximate surface area is 212 Å². The van der Waals surface area contributed by atoms with Gasteiger partial charge in [0.15, 0.2) is 4.32 Å². The maximum Gasteiger partial charge on any atom is 0.318 e. The molecule has 1 N–H and O–H groups in total. The average Bonchev–Trinajstić information content (AvgIpc) is 3.12. The molecule has 0 spiro atoms. The molecule has 0 radical (unpaired) electrons. The first-order chi connectivity index (χ1) is 17.2. The highest BCUT2D eigenvalue weighted by Gasteiger charge is 2.33. The van der Waals surface area contributed by atoms with Gasteiger partial charge in [-0.1, -0.05) is 42.1 Å². The van der Waals surface area contributed by atoms with E-state index in [1.165, 1.54) is 18.2 Å². The minimum Gasteiger partial charge on any atom is -0.450 e. The summed E-state index contributed by atoms with van der Waals surface area (Å²) in [6, 6.07) is 17.7. The van der Waals surface area contributed by atoms with Crippen LogP contribution in [0.3, 0.4) is 0 Å². The first-order valence-corrected chi connectivity index (χ1v) is 11.3. The smallest absolute Gasteiger partial charge is 0.318 e. The summed E-state index contributed by atoms with van der Waals surface area (Å²) in [5.41, 5.74) is 2.37. The van der Waals surface area contributed by atoms with Crippen LogP contribution < -0.4 is 10.2 Å². The summed E-state index contributed by atoms with van der Waals surface area (Å²) >= 11 is 6.23. The Morgan fingerprint density at radius 2 is 1.75 bits per heavy atom. The van der Waals surface area contributed by atoms with Crippen LogP contribution in [0.2, 0.25) is 0 Å². The van der Waals surface area contributed by atoms with E-state index in [1.807, 2.05) is 0 Å². The number of amides is 2. The number of nitro groups is 2. The predicted molar refractivity (Wildman–Crippen MR) is 135 cm³/mol. The molecule has 0 aromatic heterocycles. The van der Waals surface area contributed by atoms with Gasteiger partial charge in [0.2, 0.25) is 5.75 Å². The zero-order valence-electron chi connectivity index (χ0n) is 18.0. The van der Waals surface area contributed by atoms with Crippen LogP contribution in [0.5, 0.6) is 11.5 Å². The van der Waals surface area contributed by atoms with Crippen molar-refractivity contribution in [2.75, 3.05) is 0 Å². The summed E-state index contributed by atoms with van der Waals surface area (Å²) in [6.45, 7) is 0. The number of hydrogen-bond donors (Lipinski definition) is 1. The van der Waals surface area contributed by atoms with Gasteiger partial charge < -0.3 is 4.74 Å². The van der Waals surface area contributed by atoms with E-state index in [1.54, 1.807) is 42.5 Å². The quantitative estimate of drug-likeness (QED) is 0.199. The number of hydrazine groups is 1. The van der Waals surface area contributed by atoms with Gasteiger partial charge in [-0.2, -0.15) is 5.01 Å². The number of non-ortho nitro benzene ring substituents is 1. The van der Waals surface area contributed by atoms with Crippen LogP contribution in [0.25, 0.3) is 6.08 Å². The number of ether oxygens (including phenoxy) is 1. The number of thioether (sulfide) groups is 1. The van der Waals surface area contributed by atoms with Crippen molar-refractivity contribution in [1.29, 1.82) is 0 Å². The molecule has 0 bridgehead atoms. The van der Waals surface area contributed by atoms with Crippen LogP contribution in [-0.2, 0) is 4.79 Å². The van der Waals surface area contributed by atoms with Crippen molar-refractivity contribution in [3.63, 3.8) is 0 Å². The summed E-state index contributed by atoms with van der Waals surface area (Å²) in [4.78, 5) is 46.3. The molecular formula is C23H14N4O7S2. The summed E-state index contributed by atoms with van der Waals surface area (Å²) < 4.78 is 5.75. The van der Waals surface area contributed by atoms with Gasteiger partial charge in [0, 0.05) is 11.6 Å². The van der Waals surface area contributed by atoms with Crippen molar-refractivity contribution in [3.05, 3.63) is 109 Å². The Morgan fingerprint density at radius 3 is 2.44 bits per heavy atom. The van der Waals surface area contributed by atoms with E-state index in [0.29, 0.717) is 11.1 Å². The van der Waals surface area contributed by atoms with Gasteiger partial charge in [0.05, 0.1) is 20.8 Å². The first-order valence-electron chi connectivity index (χ1n) is 10.1. The third-order valence-corrected chi connectivity index (χ3v) is 6.08. The molecule has 1 saturated heterocycles. The molecule has 3 aromatic rings. The van der Waals surface area contributed by atoms with Gasteiger partial charge >= 0.3 is 5.69 Å². The zero-order valence-corrected chi connectivity index (χ0v) is 19.7. The minimum atomic E-state index is -0.777. The molecule has 180 valence electrons. The molecule has 0 saturated carbocycles. The highest BCUT2D eigenvalue weighted by Crippen LogP contribution is 2.36. The number of carbonyl (C=O) groups excluding carboxylic acids is 2. The number of carbonyl (C=O) groups is 2. The second-order valence-corrected chi connectivity index (χ2v) is 8.84. The highest BCUT2D eigenvalue weighted by molar-refractivity contribution is 8.26. The summed E-state index contributed by atoms with van der Waals surface area (Å²) in [5.74, 6) is -0.994. The van der Waals surface area contributed by atoms with Crippen LogP contribution in [-0.4, -0.2) is 31.0 Å². The van der Waals surface area contributed by atoms with Crippen molar-refractivity contribution in [3.8, 4) is 11.5 Å². The van der Waals surface area contributed by atoms with Crippen LogP contribution in [0.15, 0.2) is 77.7 Å². The molecule has 1 heterocycles. The first kappa shape index (κ1) is 24.5. The minimum absolute atomic E-state index is 0.143. The number of benzene rings is 3. The second-order valence-electron chi connectivity index (χ2n) is 7.16. The lowest BCUT2D eigenvalue weighted by molar-refractivity contribution is -0.394. The Kier molecular flexibility index (Phi) is 7.03. The largest absolute Gasteiger partial charge is 0.450 e. The molecule has 0 aliphatic carbocycles. The second kappa shape index (κ2) is 10.3. The van der Waals surface area contributed by atoms with Crippen molar-refractivity contribution < 1.29 is 24.2 Å². The van der Waals surface area contributed by atoms with Gasteiger partial charge in [-0.3, -0.25) is 35.2 Å². The van der Waals surface area contributed by atoms with Crippen molar-refractivity contribution in [1.82, 2.24) is 10.4 Å². The highest BCUT2D eigenvalue weighted by atomic mass is 32.2. The van der Waals surface area contributed by atoms with Gasteiger partial charge in [-0.05, 0) is 54.2 Å². The zero-order chi connectivity index (χ0) is 25.8. The lowest BCUT2D eigenvalue weighted by Gasteiger charge is -2.15. The molecule has 11 nitrogen and oxygen atoms in total. The molecule has 3 aromatic carbocycles. The number of nitrogens with one attached hydrogen (secondary N) is 1. The standard InChI is InChI=1S/C23H14N4O7S2/c28-21(15-6-2-1-3-7-15)24-25-22(29)20(36-23(25)35)12-14-5-4-8-17(11-14)34-19-10-9-16(26(30)31)13-18(19)27(32)33/h1-13H,(H,24,28)/b20-12-. The molecule has 1 fully saturated rings. The van der Waals surface area contributed by atoms with E-state index >= 15 is 0 Å². The number of nitrogens with zero attached hydrogens (tertiary/aromatic N) is 3. The number of nitro benzene ring substituents is 2. The van der Waals surface area contributed by atoms with E-state index in [-0.39, 0.29) is 20.7 Å². The molecule has 36 heavy (non-hydrogen) atoms. The van der Waals surface area contributed by atoms with Gasteiger partial charge in [0.25, 0.3) is 17.5 Å². The number of thiocarbonyl (C=S) groups is 1. The number of hydrogen-bond acceptors (Lipinski definition) is 9. The third-order valence-electron chi connectivity index (χ3n) is 4.78. The molecule has 2 amide bonds. The van der Waals surface area contributed by atoms with Crippen molar-refractivity contribution in [2.24, 2.45) is 0 Å². The SMILES string of the molecule is O=C(NN1C(=O)/C(=C/c2cccc(Oc3ccc([N+](=O)[O-])cc3[N+](=O)[O-])c2)SC1=S)c1ccccc1. The van der Waals surface area contributed by atoms with Crippen molar-refractivity contribution >= 4 is 57.6 Å². The van der Waals surface area contributed by atoms with E-state index in [2.05, 4.69) is 5.43 Å². The lowest BCUT2D eigenvalue weighted by atomic mass is 10.2. The van der Waals surface area contributed by atoms with Crippen LogP contribution >= 0.6 is 24.0 Å². The van der Waals surface area contributed by atoms with Crippen molar-refractivity contribution in [2.45, 2.75) is 0 Å². The molecule has 4 rings (SSSR count). The summed E-state index contributed by atoms with van der Waals surface area (Å²) in [6.07, 6.45) is 1.53. The fraction of sp³-hybridized carbons (Fsp3) is 0. The predicted octanol–water partition coefficient (Wildman–Crippen LogP) is 4.84.